The number of hydrogen-bond acceptors (Lipinski definition) is 5. The van der Waals surface area contributed by atoms with Crippen LogP contribution in [0.1, 0.15) is 34.5 Å². The highest BCUT2D eigenvalue weighted by atomic mass is 16.5. The molecule has 2 heterocycles. The van der Waals surface area contributed by atoms with E-state index in [1.165, 1.54) is 6.20 Å². The van der Waals surface area contributed by atoms with Crippen LogP contribution in [-0.4, -0.2) is 27.6 Å². The van der Waals surface area contributed by atoms with Crippen molar-refractivity contribution in [3.8, 4) is 11.5 Å². The molecule has 1 unspecified atom stereocenters. The Kier molecular flexibility index (Phi) is 5.57. The van der Waals surface area contributed by atoms with Crippen molar-refractivity contribution in [2.45, 2.75) is 13.0 Å². The van der Waals surface area contributed by atoms with Gasteiger partial charge in [-0.3, -0.25) is 14.8 Å². The molecule has 0 fully saturated rings. The van der Waals surface area contributed by atoms with Crippen LogP contribution in [0.25, 0.3) is 10.9 Å². The van der Waals surface area contributed by atoms with Gasteiger partial charge >= 0.3 is 0 Å². The van der Waals surface area contributed by atoms with E-state index in [1.54, 1.807) is 24.5 Å². The topological polar surface area (TPSA) is 84.3 Å². The van der Waals surface area contributed by atoms with Crippen LogP contribution >= 0.6 is 0 Å². The van der Waals surface area contributed by atoms with Gasteiger partial charge in [-0.2, -0.15) is 0 Å². The maximum absolute atomic E-state index is 12.9. The maximum atomic E-state index is 12.9. The number of aromatic nitrogens is 2. The molecule has 2 aromatic carbocycles. The zero-order chi connectivity index (χ0) is 20.9. The average Bonchev–Trinajstić information content (AvgIpc) is 2.80. The van der Waals surface area contributed by atoms with Gasteiger partial charge in [0.25, 0.3) is 5.91 Å². The number of phenolic OH excluding ortho intramolecular Hbond substituents is 1. The van der Waals surface area contributed by atoms with Gasteiger partial charge in [0.05, 0.1) is 18.2 Å². The highest BCUT2D eigenvalue weighted by molar-refractivity contribution is 5.94. The Morgan fingerprint density at radius 3 is 2.60 bits per heavy atom. The average molecular weight is 399 g/mol. The first-order valence-corrected chi connectivity index (χ1v) is 9.67. The highest BCUT2D eigenvalue weighted by Gasteiger charge is 2.22. The first kappa shape index (κ1) is 19.4. The Labute approximate surface area is 174 Å². The molecule has 1 amide bonds. The third kappa shape index (κ3) is 3.93. The summed E-state index contributed by atoms with van der Waals surface area (Å²) in [6, 6.07) is 17.7. The molecule has 4 rings (SSSR count). The summed E-state index contributed by atoms with van der Waals surface area (Å²) in [5, 5.41) is 14.8. The van der Waals surface area contributed by atoms with Gasteiger partial charge in [0, 0.05) is 29.5 Å². The molecule has 0 saturated carbocycles. The van der Waals surface area contributed by atoms with Crippen molar-refractivity contribution in [3.63, 3.8) is 0 Å². The first-order valence-electron chi connectivity index (χ1n) is 9.67. The Hall–Kier alpha value is -3.93. The fourth-order valence-electron chi connectivity index (χ4n) is 3.35. The van der Waals surface area contributed by atoms with Crippen LogP contribution in [0.5, 0.6) is 11.5 Å². The second-order valence-corrected chi connectivity index (χ2v) is 6.73. The fraction of sp³-hybridized carbons (Fsp3) is 0.125. The zero-order valence-electron chi connectivity index (χ0n) is 16.4. The molecule has 0 aliphatic carbocycles. The molecule has 1 atom stereocenters. The van der Waals surface area contributed by atoms with Crippen LogP contribution in [0.15, 0.2) is 79.3 Å². The summed E-state index contributed by atoms with van der Waals surface area (Å²) in [6.07, 6.45) is 4.75. The van der Waals surface area contributed by atoms with E-state index >= 15 is 0 Å². The number of amides is 1. The number of nitrogens with zero attached hydrogens (tertiary/aromatic N) is 2. The van der Waals surface area contributed by atoms with E-state index < -0.39 is 6.04 Å². The molecule has 6 heteroatoms. The second kappa shape index (κ2) is 8.61. The number of benzene rings is 2. The summed E-state index contributed by atoms with van der Waals surface area (Å²) in [6.45, 7) is 2.49. The normalized spacial score (nSPS) is 11.8. The van der Waals surface area contributed by atoms with Crippen LogP contribution in [0.3, 0.4) is 0 Å². The minimum Gasteiger partial charge on any atom is -0.505 e. The number of aromatic hydroxyl groups is 1. The van der Waals surface area contributed by atoms with Gasteiger partial charge in [-0.25, -0.2) is 0 Å². The molecular formula is C24H21N3O3. The summed E-state index contributed by atoms with van der Waals surface area (Å²) in [7, 11) is 0. The molecule has 0 aliphatic rings. The van der Waals surface area contributed by atoms with Gasteiger partial charge in [0.2, 0.25) is 0 Å². The number of nitrogens with one attached hydrogen (secondary N) is 1. The largest absolute Gasteiger partial charge is 0.505 e. The Morgan fingerprint density at radius 1 is 1.07 bits per heavy atom. The standard InChI is InChI=1S/C24H21N3O3/c1-2-30-19-10-7-17(8-11-19)21(27-24(29)18-6-3-13-25-15-18)20-12-9-16-5-4-14-26-22(16)23(20)28/h3-15,21,28H,2H2,1H3,(H,27,29). The molecule has 150 valence electrons. The summed E-state index contributed by atoms with van der Waals surface area (Å²) < 4.78 is 5.52. The Morgan fingerprint density at radius 2 is 1.87 bits per heavy atom. The number of carbonyl (C=O) groups is 1. The molecule has 0 bridgehead atoms. The van der Waals surface area contributed by atoms with Crippen LogP contribution in [0.2, 0.25) is 0 Å². The van der Waals surface area contributed by atoms with E-state index in [4.69, 9.17) is 4.74 Å². The monoisotopic (exact) mass is 399 g/mol. The van der Waals surface area contributed by atoms with Gasteiger partial charge in [0.1, 0.15) is 17.0 Å². The van der Waals surface area contributed by atoms with Crippen molar-refractivity contribution in [3.05, 3.63) is 95.9 Å². The van der Waals surface area contributed by atoms with Crippen LogP contribution < -0.4 is 10.1 Å². The van der Waals surface area contributed by atoms with Gasteiger partial charge in [0.15, 0.2) is 0 Å². The van der Waals surface area contributed by atoms with Crippen molar-refractivity contribution < 1.29 is 14.6 Å². The molecular weight excluding hydrogens is 378 g/mol. The Balaban J connectivity index is 1.77. The predicted octanol–water partition coefficient (Wildman–Crippen LogP) is 4.25. The van der Waals surface area contributed by atoms with Crippen molar-refractivity contribution in [1.82, 2.24) is 15.3 Å². The fourth-order valence-corrected chi connectivity index (χ4v) is 3.35. The lowest BCUT2D eigenvalue weighted by atomic mass is 9.96. The summed E-state index contributed by atoms with van der Waals surface area (Å²) in [5.41, 5.74) is 2.29. The van der Waals surface area contributed by atoms with E-state index in [1.807, 2.05) is 55.5 Å². The number of hydrogen-bond donors (Lipinski definition) is 2. The molecule has 0 saturated heterocycles. The van der Waals surface area contributed by atoms with E-state index in [-0.39, 0.29) is 11.7 Å². The molecule has 0 radical (unpaired) electrons. The van der Waals surface area contributed by atoms with E-state index in [0.717, 1.165) is 16.7 Å². The summed E-state index contributed by atoms with van der Waals surface area (Å²) >= 11 is 0. The zero-order valence-corrected chi connectivity index (χ0v) is 16.4. The minimum atomic E-state index is -0.584. The quantitative estimate of drug-likeness (QED) is 0.506. The van der Waals surface area contributed by atoms with Crippen molar-refractivity contribution in [2.24, 2.45) is 0 Å². The molecule has 4 aromatic rings. The molecule has 2 aromatic heterocycles. The SMILES string of the molecule is CCOc1ccc(C(NC(=O)c2cccnc2)c2ccc3cccnc3c2O)cc1. The van der Waals surface area contributed by atoms with Crippen molar-refractivity contribution in [1.29, 1.82) is 0 Å². The predicted molar refractivity (Wildman–Crippen MR) is 115 cm³/mol. The third-order valence-electron chi connectivity index (χ3n) is 4.81. The number of carbonyl (C=O) groups excluding carboxylic acids is 1. The minimum absolute atomic E-state index is 0.0403. The van der Waals surface area contributed by atoms with Gasteiger partial charge < -0.3 is 15.2 Å². The van der Waals surface area contributed by atoms with E-state index in [9.17, 15) is 9.90 Å². The first-order chi connectivity index (χ1) is 14.7. The summed E-state index contributed by atoms with van der Waals surface area (Å²) in [5.74, 6) is 0.490. The second-order valence-electron chi connectivity index (χ2n) is 6.73. The molecule has 0 spiro atoms. The lowest BCUT2D eigenvalue weighted by Crippen LogP contribution is -2.29. The lowest BCUT2D eigenvalue weighted by molar-refractivity contribution is 0.0942. The van der Waals surface area contributed by atoms with Crippen molar-refractivity contribution >= 4 is 16.8 Å². The van der Waals surface area contributed by atoms with Gasteiger partial charge in [-0.05, 0) is 42.8 Å². The van der Waals surface area contributed by atoms with Gasteiger partial charge in [-0.1, -0.05) is 30.3 Å². The van der Waals surface area contributed by atoms with Gasteiger partial charge in [-0.15, -0.1) is 0 Å². The number of ether oxygens (including phenoxy) is 1. The van der Waals surface area contributed by atoms with Crippen LogP contribution in [0.4, 0.5) is 0 Å². The summed E-state index contributed by atoms with van der Waals surface area (Å²) in [4.78, 5) is 21.2. The number of phenols is 1. The Bertz CT molecular complexity index is 1160. The number of pyridine rings is 2. The molecule has 0 aliphatic heterocycles. The number of rotatable bonds is 6. The third-order valence-corrected chi connectivity index (χ3v) is 4.81. The highest BCUT2D eigenvalue weighted by Crippen LogP contribution is 2.35. The molecule has 30 heavy (non-hydrogen) atoms. The molecule has 6 nitrogen and oxygen atoms in total. The van der Waals surface area contributed by atoms with Crippen LogP contribution in [-0.2, 0) is 0 Å². The number of fused-ring (bicyclic) bond motifs is 1. The van der Waals surface area contributed by atoms with Crippen LogP contribution in [0, 0.1) is 0 Å². The van der Waals surface area contributed by atoms with E-state index in [2.05, 4.69) is 15.3 Å². The van der Waals surface area contributed by atoms with Crippen molar-refractivity contribution in [2.75, 3.05) is 6.61 Å². The lowest BCUT2D eigenvalue weighted by Gasteiger charge is -2.22. The molecule has 2 N–H and O–H groups in total. The smallest absolute Gasteiger partial charge is 0.253 e. The van der Waals surface area contributed by atoms with E-state index in [0.29, 0.717) is 23.3 Å². The maximum Gasteiger partial charge on any atom is 0.253 e.